The predicted molar refractivity (Wildman–Crippen MR) is 109 cm³/mol. The van der Waals surface area contributed by atoms with Crippen molar-refractivity contribution in [2.24, 2.45) is 7.05 Å². The lowest BCUT2D eigenvalue weighted by Gasteiger charge is -2.26. The molecule has 0 fully saturated rings. The molecule has 0 aliphatic carbocycles. The van der Waals surface area contributed by atoms with Crippen molar-refractivity contribution in [2.45, 2.75) is 6.42 Å². The van der Waals surface area contributed by atoms with Crippen molar-refractivity contribution in [3.05, 3.63) is 64.9 Å². The maximum absolute atomic E-state index is 12.6. The monoisotopic (exact) mass is 390 g/mol. The van der Waals surface area contributed by atoms with Crippen LogP contribution in [0.5, 0.6) is 0 Å². The summed E-state index contributed by atoms with van der Waals surface area (Å²) in [5, 5.41) is 19.3. The van der Waals surface area contributed by atoms with Crippen LogP contribution >= 0.6 is 11.3 Å². The molecule has 0 saturated heterocycles. The summed E-state index contributed by atoms with van der Waals surface area (Å²) in [6.07, 6.45) is 4.91. The summed E-state index contributed by atoms with van der Waals surface area (Å²) in [5.41, 5.74) is 3.24. The average Bonchev–Trinajstić information content (AvgIpc) is 3.38. The van der Waals surface area contributed by atoms with Gasteiger partial charge in [-0.1, -0.05) is 18.2 Å². The second-order valence-electron chi connectivity index (χ2n) is 6.40. The van der Waals surface area contributed by atoms with Crippen LogP contribution in [0.4, 0.5) is 10.8 Å². The van der Waals surface area contributed by atoms with Gasteiger partial charge in [0.05, 0.1) is 16.9 Å². The molecule has 0 spiro atoms. The number of nitrogens with one attached hydrogen (secondary N) is 1. The van der Waals surface area contributed by atoms with E-state index in [1.54, 1.807) is 46.4 Å². The van der Waals surface area contributed by atoms with E-state index >= 15 is 0 Å². The second kappa shape index (κ2) is 7.66. The molecule has 1 amide bonds. The van der Waals surface area contributed by atoms with Crippen molar-refractivity contribution in [1.29, 1.82) is 5.26 Å². The van der Waals surface area contributed by atoms with Gasteiger partial charge in [0.2, 0.25) is 0 Å². The van der Waals surface area contributed by atoms with Gasteiger partial charge < -0.3 is 10.2 Å². The molecule has 8 heteroatoms. The fourth-order valence-electron chi connectivity index (χ4n) is 3.22. The fourth-order valence-corrected chi connectivity index (χ4v) is 3.89. The quantitative estimate of drug-likeness (QED) is 0.739. The highest BCUT2D eigenvalue weighted by molar-refractivity contribution is 7.13. The maximum Gasteiger partial charge on any atom is 0.276 e. The number of hydrogen-bond donors (Lipinski definition) is 1. The van der Waals surface area contributed by atoms with Gasteiger partial charge in [-0.05, 0) is 30.2 Å². The van der Waals surface area contributed by atoms with E-state index < -0.39 is 0 Å². The van der Waals surface area contributed by atoms with E-state index in [4.69, 9.17) is 0 Å². The molecule has 1 aromatic carbocycles. The number of hydrogen-bond acceptors (Lipinski definition) is 6. The maximum atomic E-state index is 12.6. The largest absolute Gasteiger partial charge is 0.343 e. The zero-order valence-corrected chi connectivity index (χ0v) is 16.1. The minimum atomic E-state index is -0.335. The summed E-state index contributed by atoms with van der Waals surface area (Å²) < 4.78 is 1.72. The molecular weight excluding hydrogens is 372 g/mol. The number of amides is 1. The molecule has 0 radical (unpaired) electrons. The van der Waals surface area contributed by atoms with Gasteiger partial charge in [-0.2, -0.15) is 10.4 Å². The third kappa shape index (κ3) is 3.52. The van der Waals surface area contributed by atoms with Crippen LogP contribution in [0.2, 0.25) is 0 Å². The molecule has 28 heavy (non-hydrogen) atoms. The average molecular weight is 390 g/mol. The van der Waals surface area contributed by atoms with Crippen molar-refractivity contribution >= 4 is 33.6 Å². The van der Waals surface area contributed by atoms with Gasteiger partial charge in [0.25, 0.3) is 5.91 Å². The molecule has 140 valence electrons. The number of anilines is 2. The van der Waals surface area contributed by atoms with E-state index in [2.05, 4.69) is 32.4 Å². The number of rotatable bonds is 4. The summed E-state index contributed by atoms with van der Waals surface area (Å²) in [6.45, 7) is 1.65. The van der Waals surface area contributed by atoms with Gasteiger partial charge in [-0.3, -0.25) is 9.48 Å². The molecule has 0 bridgehead atoms. The number of thiazole rings is 1. The van der Waals surface area contributed by atoms with Crippen LogP contribution in [-0.4, -0.2) is 33.8 Å². The van der Waals surface area contributed by atoms with Gasteiger partial charge in [-0.15, -0.1) is 11.3 Å². The smallest absolute Gasteiger partial charge is 0.276 e. The molecule has 1 N–H and O–H groups in total. The lowest BCUT2D eigenvalue weighted by Crippen LogP contribution is -2.29. The van der Waals surface area contributed by atoms with Crippen LogP contribution in [-0.2, 0) is 7.05 Å². The van der Waals surface area contributed by atoms with Crippen molar-refractivity contribution in [1.82, 2.24) is 14.8 Å². The first-order valence-corrected chi connectivity index (χ1v) is 9.72. The molecule has 0 atom stereocenters. The Morgan fingerprint density at radius 2 is 2.21 bits per heavy atom. The molecule has 1 aliphatic rings. The topological polar surface area (TPSA) is 86.8 Å². The Balaban J connectivity index is 1.54. The standard InChI is InChI=1S/C20H18N6OS/c1-25-18(15-6-4-9-26(13-15)20-22-8-10-28-20)11-17(24-25)19(27)23-16-7-3-2-5-14(16)12-21/h2-3,5-8,10-11H,4,9,13H2,1H3,(H,23,27). The Kier molecular flexibility index (Phi) is 4.91. The van der Waals surface area contributed by atoms with E-state index in [-0.39, 0.29) is 5.91 Å². The van der Waals surface area contributed by atoms with E-state index in [0.29, 0.717) is 16.9 Å². The molecule has 2 aromatic heterocycles. The molecular formula is C20H18N6OS. The molecule has 0 unspecified atom stereocenters. The highest BCUT2D eigenvalue weighted by Crippen LogP contribution is 2.27. The van der Waals surface area contributed by atoms with E-state index in [1.807, 2.05) is 18.6 Å². The lowest BCUT2D eigenvalue weighted by atomic mass is 10.1. The van der Waals surface area contributed by atoms with Gasteiger partial charge >= 0.3 is 0 Å². The van der Waals surface area contributed by atoms with Gasteiger partial charge in [0.15, 0.2) is 10.8 Å². The number of benzene rings is 1. The first-order valence-electron chi connectivity index (χ1n) is 8.84. The minimum absolute atomic E-state index is 0.317. The lowest BCUT2D eigenvalue weighted by molar-refractivity contribution is 0.102. The predicted octanol–water partition coefficient (Wildman–Crippen LogP) is 3.29. The Labute approximate surface area is 166 Å². The van der Waals surface area contributed by atoms with Gasteiger partial charge in [0.1, 0.15) is 6.07 Å². The number of nitriles is 1. The van der Waals surface area contributed by atoms with E-state index in [9.17, 15) is 10.1 Å². The van der Waals surface area contributed by atoms with E-state index in [1.165, 1.54) is 0 Å². The van der Waals surface area contributed by atoms with Crippen molar-refractivity contribution in [3.63, 3.8) is 0 Å². The summed E-state index contributed by atoms with van der Waals surface area (Å²) in [7, 11) is 1.83. The third-order valence-corrected chi connectivity index (χ3v) is 5.41. The minimum Gasteiger partial charge on any atom is -0.343 e. The molecule has 7 nitrogen and oxygen atoms in total. The fraction of sp³-hybridized carbons (Fsp3) is 0.200. The van der Waals surface area contributed by atoms with Crippen molar-refractivity contribution in [3.8, 4) is 6.07 Å². The van der Waals surface area contributed by atoms with Crippen LogP contribution in [0.3, 0.4) is 0 Å². The first-order chi connectivity index (χ1) is 13.7. The number of aryl methyl sites for hydroxylation is 1. The Morgan fingerprint density at radius 1 is 1.36 bits per heavy atom. The molecule has 1 aliphatic heterocycles. The Bertz CT molecular complexity index is 1080. The number of carbonyl (C=O) groups is 1. The number of carbonyl (C=O) groups excluding carboxylic acids is 1. The molecule has 3 aromatic rings. The van der Waals surface area contributed by atoms with Crippen molar-refractivity contribution < 1.29 is 4.79 Å². The van der Waals surface area contributed by atoms with Gasteiger partial charge in [0, 0.05) is 31.7 Å². The van der Waals surface area contributed by atoms with Crippen molar-refractivity contribution in [2.75, 3.05) is 23.3 Å². The molecule has 0 saturated carbocycles. The second-order valence-corrected chi connectivity index (χ2v) is 7.28. The zero-order valence-electron chi connectivity index (χ0n) is 15.3. The zero-order chi connectivity index (χ0) is 19.5. The van der Waals surface area contributed by atoms with Crippen LogP contribution in [0.1, 0.15) is 28.2 Å². The summed E-state index contributed by atoms with van der Waals surface area (Å²) >= 11 is 1.62. The molecule has 3 heterocycles. The Hall–Kier alpha value is -3.44. The number of aromatic nitrogens is 3. The number of para-hydroxylation sites is 1. The molecule has 4 rings (SSSR count). The van der Waals surface area contributed by atoms with Crippen LogP contribution in [0.25, 0.3) is 5.57 Å². The summed E-state index contributed by atoms with van der Waals surface area (Å²) in [5.74, 6) is -0.335. The van der Waals surface area contributed by atoms with Gasteiger partial charge in [-0.25, -0.2) is 4.98 Å². The Morgan fingerprint density at radius 3 is 3.00 bits per heavy atom. The normalized spacial score (nSPS) is 13.7. The summed E-state index contributed by atoms with van der Waals surface area (Å²) in [4.78, 5) is 19.3. The first kappa shape index (κ1) is 17.9. The SMILES string of the molecule is Cn1nc(C(=O)Nc2ccccc2C#N)cc1C1=CCCN(c2nccs2)C1. The highest BCUT2D eigenvalue weighted by Gasteiger charge is 2.21. The number of nitrogens with zero attached hydrogens (tertiary/aromatic N) is 5. The van der Waals surface area contributed by atoms with Crippen LogP contribution < -0.4 is 10.2 Å². The summed E-state index contributed by atoms with van der Waals surface area (Å²) in [6, 6.07) is 10.8. The van der Waals surface area contributed by atoms with Crippen LogP contribution in [0.15, 0.2) is 48.0 Å². The van der Waals surface area contributed by atoms with Crippen LogP contribution in [0, 0.1) is 11.3 Å². The van der Waals surface area contributed by atoms with E-state index in [0.717, 1.165) is 35.9 Å². The third-order valence-electron chi connectivity index (χ3n) is 4.58. The highest BCUT2D eigenvalue weighted by atomic mass is 32.1.